The molecule has 3 aromatic rings. The van der Waals surface area contributed by atoms with Crippen LogP contribution in [-0.4, -0.2) is 64.9 Å². The molecule has 168 valence electrons. The van der Waals surface area contributed by atoms with Crippen LogP contribution in [0.2, 0.25) is 0 Å². The number of piperidine rings is 1. The van der Waals surface area contributed by atoms with E-state index < -0.39 is 0 Å². The molecule has 2 aromatic heterocycles. The Balaban J connectivity index is 1.37. The Morgan fingerprint density at radius 1 is 1.28 bits per heavy atom. The number of amides is 1. The van der Waals surface area contributed by atoms with Crippen LogP contribution in [0.3, 0.4) is 0 Å². The van der Waals surface area contributed by atoms with Gasteiger partial charge in [0.1, 0.15) is 11.9 Å². The first-order chi connectivity index (χ1) is 15.4. The minimum atomic E-state index is -0.313. The zero-order valence-corrected chi connectivity index (χ0v) is 18.8. The van der Waals surface area contributed by atoms with Gasteiger partial charge in [0.15, 0.2) is 5.82 Å². The van der Waals surface area contributed by atoms with Gasteiger partial charge in [-0.05, 0) is 51.2 Å². The van der Waals surface area contributed by atoms with Crippen LogP contribution in [0.4, 0.5) is 11.5 Å². The van der Waals surface area contributed by atoms with Gasteiger partial charge >= 0.3 is 4.87 Å². The van der Waals surface area contributed by atoms with Gasteiger partial charge in [0.05, 0.1) is 16.6 Å². The average molecular weight is 455 g/mol. The molecule has 4 heterocycles. The summed E-state index contributed by atoms with van der Waals surface area (Å²) >= 11 is 1.17. The maximum atomic E-state index is 13.2. The maximum absolute atomic E-state index is 13.2. The summed E-state index contributed by atoms with van der Waals surface area (Å²) in [5.41, 5.74) is 2.87. The molecule has 1 fully saturated rings. The first-order valence-electron chi connectivity index (χ1n) is 10.5. The third kappa shape index (κ3) is 3.63. The van der Waals surface area contributed by atoms with E-state index in [2.05, 4.69) is 39.6 Å². The van der Waals surface area contributed by atoms with Crippen molar-refractivity contribution < 1.29 is 4.79 Å². The predicted molar refractivity (Wildman–Crippen MR) is 127 cm³/mol. The van der Waals surface area contributed by atoms with Gasteiger partial charge in [-0.1, -0.05) is 11.3 Å². The number of hydrogen-bond donors (Lipinski definition) is 4. The molecule has 5 rings (SSSR count). The molecule has 0 spiro atoms. The summed E-state index contributed by atoms with van der Waals surface area (Å²) in [6.45, 7) is 1.42. The van der Waals surface area contributed by atoms with Gasteiger partial charge in [0.25, 0.3) is 5.91 Å². The first-order valence-corrected chi connectivity index (χ1v) is 11.4. The van der Waals surface area contributed by atoms with Gasteiger partial charge in [-0.15, -0.1) is 0 Å². The number of H-pyrrole nitrogens is 1. The Hall–Kier alpha value is -3.31. The second kappa shape index (κ2) is 7.99. The number of anilines is 1. The number of rotatable bonds is 4. The highest BCUT2D eigenvalue weighted by atomic mass is 32.1. The van der Waals surface area contributed by atoms with Gasteiger partial charge in [0, 0.05) is 30.4 Å². The van der Waals surface area contributed by atoms with E-state index in [4.69, 9.17) is 5.84 Å². The van der Waals surface area contributed by atoms with Crippen molar-refractivity contribution in [1.29, 1.82) is 0 Å². The molecule has 2 aliphatic rings. The molecule has 1 aromatic carbocycles. The molecular weight excluding hydrogens is 428 g/mol. The van der Waals surface area contributed by atoms with Gasteiger partial charge in [0.2, 0.25) is 0 Å². The molecule has 1 unspecified atom stereocenters. The van der Waals surface area contributed by atoms with E-state index in [0.29, 0.717) is 30.6 Å². The fourth-order valence-electron chi connectivity index (χ4n) is 4.38. The van der Waals surface area contributed by atoms with Crippen molar-refractivity contribution in [3.63, 3.8) is 0 Å². The van der Waals surface area contributed by atoms with E-state index in [1.807, 2.05) is 29.2 Å². The van der Waals surface area contributed by atoms with Crippen molar-refractivity contribution >= 4 is 45.3 Å². The predicted octanol–water partition coefficient (Wildman–Crippen LogP) is 1.64. The van der Waals surface area contributed by atoms with Gasteiger partial charge in [-0.25, -0.2) is 9.67 Å². The van der Waals surface area contributed by atoms with Crippen LogP contribution in [0, 0.1) is 0 Å². The molecule has 1 atom stereocenters. The number of hydrogen-bond acceptors (Lipinski definition) is 8. The molecule has 32 heavy (non-hydrogen) atoms. The van der Waals surface area contributed by atoms with Gasteiger partial charge in [-0.2, -0.15) is 0 Å². The van der Waals surface area contributed by atoms with E-state index in [1.54, 1.807) is 6.34 Å². The number of thiazole rings is 1. The van der Waals surface area contributed by atoms with E-state index in [9.17, 15) is 9.59 Å². The Morgan fingerprint density at radius 2 is 2.06 bits per heavy atom. The lowest BCUT2D eigenvalue weighted by molar-refractivity contribution is 0.0655. The van der Waals surface area contributed by atoms with Gasteiger partial charge < -0.3 is 31.3 Å². The summed E-state index contributed by atoms with van der Waals surface area (Å²) < 4.78 is 2.25. The van der Waals surface area contributed by atoms with E-state index in [-0.39, 0.29) is 16.9 Å². The molecule has 1 amide bonds. The number of nitrogens with one attached hydrogen (secondary N) is 3. The molecule has 0 bridgehead atoms. The topological polar surface area (TPSA) is 124 Å². The van der Waals surface area contributed by atoms with Crippen LogP contribution in [0.15, 0.2) is 34.1 Å². The molecule has 1 saturated heterocycles. The van der Waals surface area contributed by atoms with Crippen LogP contribution < -0.4 is 21.3 Å². The second-order valence-corrected chi connectivity index (χ2v) is 9.41. The van der Waals surface area contributed by atoms with Crippen LogP contribution in [0.5, 0.6) is 0 Å². The SMILES string of the molecule is CN(C)C1CCN(C(=O)c2cc3c(n2N)N=CNC3Nc2ccc3[nH]c(=O)sc3c2)CC1. The standard InChI is InChI=1S/C21H26N8O2S/c1-27(2)13-5-7-28(8-6-13)20(30)16-10-14-18(23-11-24-19(14)29(16)22)25-12-3-4-15-17(9-12)32-21(31)26-15/h3-4,9-11,13,18,25H,5-8,22H2,1-2H3,(H,23,24)(H,26,31). The van der Waals surface area contributed by atoms with Crippen LogP contribution >= 0.6 is 11.3 Å². The number of aromatic amines is 1. The summed E-state index contributed by atoms with van der Waals surface area (Å²) in [5, 5.41) is 6.59. The number of nitrogens with two attached hydrogens (primary N) is 1. The van der Waals surface area contributed by atoms with Crippen LogP contribution in [0.1, 0.15) is 35.1 Å². The zero-order chi connectivity index (χ0) is 22.4. The summed E-state index contributed by atoms with van der Waals surface area (Å²) in [6.07, 6.45) is 3.15. The monoisotopic (exact) mass is 454 g/mol. The van der Waals surface area contributed by atoms with E-state index in [1.165, 1.54) is 16.0 Å². The Morgan fingerprint density at radius 3 is 2.81 bits per heavy atom. The number of nitrogens with zero attached hydrogens (tertiary/aromatic N) is 4. The molecule has 0 saturated carbocycles. The van der Waals surface area contributed by atoms with Gasteiger partial charge in [-0.3, -0.25) is 9.59 Å². The number of carbonyl (C=O) groups excluding carboxylic acids is 1. The number of aliphatic imine (C=N–C) groups is 1. The fourth-order valence-corrected chi connectivity index (χ4v) is 5.16. The molecule has 10 nitrogen and oxygen atoms in total. The summed E-state index contributed by atoms with van der Waals surface area (Å²) in [7, 11) is 4.15. The Bertz CT molecular complexity index is 1250. The third-order valence-corrected chi connectivity index (χ3v) is 7.06. The Kier molecular flexibility index (Phi) is 5.14. The maximum Gasteiger partial charge on any atom is 0.305 e. The van der Waals surface area contributed by atoms with Crippen molar-refractivity contribution in [3.8, 4) is 0 Å². The minimum absolute atomic E-state index is 0.0772. The second-order valence-electron chi connectivity index (χ2n) is 8.39. The number of fused-ring (bicyclic) bond motifs is 2. The van der Waals surface area contributed by atoms with E-state index >= 15 is 0 Å². The lowest BCUT2D eigenvalue weighted by atomic mass is 10.0. The molecule has 0 aliphatic carbocycles. The smallest absolute Gasteiger partial charge is 0.305 e. The van der Waals surface area contributed by atoms with Crippen molar-refractivity contribution in [3.05, 3.63) is 45.2 Å². The minimum Gasteiger partial charge on any atom is -0.361 e. The zero-order valence-electron chi connectivity index (χ0n) is 18.0. The van der Waals surface area contributed by atoms with Crippen molar-refractivity contribution in [2.45, 2.75) is 25.0 Å². The molecule has 0 radical (unpaired) electrons. The highest BCUT2D eigenvalue weighted by Crippen LogP contribution is 2.33. The van der Waals surface area contributed by atoms with Crippen LogP contribution in [0.25, 0.3) is 10.2 Å². The lowest BCUT2D eigenvalue weighted by Crippen LogP contribution is -2.45. The number of carbonyl (C=O) groups is 1. The van der Waals surface area contributed by atoms with Crippen molar-refractivity contribution in [2.75, 3.05) is 38.3 Å². The summed E-state index contributed by atoms with van der Waals surface area (Å²) in [4.78, 5) is 36.0. The normalized spacial score (nSPS) is 18.7. The summed E-state index contributed by atoms with van der Waals surface area (Å²) in [5.74, 6) is 6.76. The van der Waals surface area contributed by atoms with Crippen molar-refractivity contribution in [2.24, 2.45) is 4.99 Å². The molecule has 11 heteroatoms. The molecular formula is C21H26N8O2S. The highest BCUT2D eigenvalue weighted by molar-refractivity contribution is 7.16. The van der Waals surface area contributed by atoms with Crippen molar-refractivity contribution in [1.82, 2.24) is 24.8 Å². The quantitative estimate of drug-likeness (QED) is 0.445. The van der Waals surface area contributed by atoms with E-state index in [0.717, 1.165) is 34.3 Å². The van der Waals surface area contributed by atoms with Crippen LogP contribution in [-0.2, 0) is 0 Å². The average Bonchev–Trinajstić information content (AvgIpc) is 3.32. The molecule has 2 aliphatic heterocycles. The largest absolute Gasteiger partial charge is 0.361 e. The molecule has 5 N–H and O–H groups in total. The third-order valence-electron chi connectivity index (χ3n) is 6.21. The summed E-state index contributed by atoms with van der Waals surface area (Å²) in [6, 6.07) is 8.00. The number of aromatic nitrogens is 2. The first kappa shape index (κ1) is 20.6. The highest BCUT2D eigenvalue weighted by Gasteiger charge is 2.30. The fraction of sp³-hybridized carbons (Fsp3) is 0.381. The Labute approximate surface area is 188 Å². The lowest BCUT2D eigenvalue weighted by Gasteiger charge is -2.35. The number of likely N-dealkylation sites (tertiary alicyclic amines) is 1. The number of benzene rings is 1. The number of nitrogen functional groups attached to an aromatic ring is 1.